The second-order valence-corrected chi connectivity index (χ2v) is 5.66. The molecule has 20 heavy (non-hydrogen) atoms. The van der Waals surface area contributed by atoms with E-state index in [-0.39, 0.29) is 16.5 Å². The average molecular weight is 307 g/mol. The summed E-state index contributed by atoms with van der Waals surface area (Å²) in [5.74, 6) is -0.341. The van der Waals surface area contributed by atoms with Crippen LogP contribution in [0, 0.1) is 6.92 Å². The number of carbonyl (C=O) groups is 1. The van der Waals surface area contributed by atoms with Crippen molar-refractivity contribution in [3.63, 3.8) is 0 Å². The van der Waals surface area contributed by atoms with Crippen molar-refractivity contribution in [3.05, 3.63) is 15.6 Å². The van der Waals surface area contributed by atoms with Gasteiger partial charge in [0.25, 0.3) is 5.91 Å². The largest absolute Gasteiger partial charge is 0.443 e. The van der Waals surface area contributed by atoms with E-state index in [9.17, 15) is 18.0 Å². The minimum absolute atomic E-state index is 0.0993. The molecule has 2 rings (SSSR count). The maximum Gasteiger partial charge on any atom is 0.443 e. The molecule has 0 aromatic carbocycles. The lowest BCUT2D eigenvalue weighted by atomic mass is 10.2. The summed E-state index contributed by atoms with van der Waals surface area (Å²) in [6.07, 6.45) is -4.49. The van der Waals surface area contributed by atoms with Gasteiger partial charge in [-0.3, -0.25) is 4.79 Å². The van der Waals surface area contributed by atoms with Crippen LogP contribution in [-0.4, -0.2) is 53.4 Å². The lowest BCUT2D eigenvalue weighted by Gasteiger charge is -2.33. The van der Waals surface area contributed by atoms with E-state index in [0.717, 1.165) is 19.6 Å². The van der Waals surface area contributed by atoms with Gasteiger partial charge in [0, 0.05) is 26.2 Å². The quantitative estimate of drug-likeness (QED) is 0.841. The zero-order valence-corrected chi connectivity index (χ0v) is 12.1. The number of hydrogen-bond acceptors (Lipinski definition) is 4. The zero-order valence-electron chi connectivity index (χ0n) is 11.3. The van der Waals surface area contributed by atoms with E-state index in [2.05, 4.69) is 9.88 Å². The van der Waals surface area contributed by atoms with E-state index in [1.54, 1.807) is 4.90 Å². The Hall–Kier alpha value is -1.15. The molecule has 1 saturated heterocycles. The van der Waals surface area contributed by atoms with Crippen molar-refractivity contribution in [3.8, 4) is 0 Å². The van der Waals surface area contributed by atoms with Crippen molar-refractivity contribution >= 4 is 17.2 Å². The first-order chi connectivity index (χ1) is 9.32. The number of aryl methyl sites for hydroxylation is 1. The van der Waals surface area contributed by atoms with Gasteiger partial charge in [-0.25, -0.2) is 4.98 Å². The van der Waals surface area contributed by atoms with Crippen molar-refractivity contribution in [2.24, 2.45) is 0 Å². The molecule has 1 aliphatic heterocycles. The molecule has 1 aromatic heterocycles. The van der Waals surface area contributed by atoms with Gasteiger partial charge in [-0.2, -0.15) is 13.2 Å². The lowest BCUT2D eigenvalue weighted by Crippen LogP contribution is -2.48. The molecule has 0 radical (unpaired) electrons. The predicted molar refractivity (Wildman–Crippen MR) is 69.9 cm³/mol. The van der Waals surface area contributed by atoms with Gasteiger partial charge in [-0.1, -0.05) is 6.92 Å². The molecular weight excluding hydrogens is 291 g/mol. The number of aromatic nitrogens is 1. The van der Waals surface area contributed by atoms with E-state index in [1.807, 2.05) is 6.92 Å². The van der Waals surface area contributed by atoms with Crippen LogP contribution in [0.1, 0.15) is 27.3 Å². The van der Waals surface area contributed by atoms with Gasteiger partial charge in [-0.15, -0.1) is 11.3 Å². The number of halogens is 3. The van der Waals surface area contributed by atoms with E-state index < -0.39 is 11.2 Å². The molecule has 1 fully saturated rings. The average Bonchev–Trinajstić information content (AvgIpc) is 2.80. The van der Waals surface area contributed by atoms with Gasteiger partial charge in [0.2, 0.25) is 0 Å². The Labute approximate surface area is 119 Å². The number of carbonyl (C=O) groups excluding carboxylic acids is 1. The maximum absolute atomic E-state index is 12.6. The Morgan fingerprint density at radius 1 is 1.30 bits per heavy atom. The molecule has 2 heterocycles. The minimum Gasteiger partial charge on any atom is -0.335 e. The fraction of sp³-hybridized carbons (Fsp3) is 0.667. The smallest absolute Gasteiger partial charge is 0.335 e. The Balaban J connectivity index is 2.12. The first kappa shape index (κ1) is 15.2. The van der Waals surface area contributed by atoms with Crippen LogP contribution in [-0.2, 0) is 6.18 Å². The normalized spacial score (nSPS) is 17.6. The molecule has 0 N–H and O–H groups in total. The van der Waals surface area contributed by atoms with Crippen molar-refractivity contribution in [2.75, 3.05) is 32.7 Å². The summed E-state index contributed by atoms with van der Waals surface area (Å²) < 4.78 is 37.8. The van der Waals surface area contributed by atoms with E-state index in [1.165, 1.54) is 6.92 Å². The van der Waals surface area contributed by atoms with Crippen LogP contribution >= 0.6 is 11.3 Å². The van der Waals surface area contributed by atoms with Gasteiger partial charge in [0.15, 0.2) is 5.01 Å². The monoisotopic (exact) mass is 307 g/mol. The van der Waals surface area contributed by atoms with Crippen molar-refractivity contribution in [1.82, 2.24) is 14.8 Å². The molecule has 1 amide bonds. The fourth-order valence-corrected chi connectivity index (χ4v) is 3.03. The second kappa shape index (κ2) is 5.69. The Morgan fingerprint density at radius 3 is 2.35 bits per heavy atom. The maximum atomic E-state index is 12.6. The first-order valence-electron chi connectivity index (χ1n) is 6.39. The number of alkyl halides is 3. The van der Waals surface area contributed by atoms with Crippen molar-refractivity contribution in [1.29, 1.82) is 0 Å². The summed E-state index contributed by atoms with van der Waals surface area (Å²) in [6.45, 7) is 7.01. The van der Waals surface area contributed by atoms with Gasteiger partial charge < -0.3 is 9.80 Å². The third-order valence-corrected chi connectivity index (χ3v) is 4.53. The highest BCUT2D eigenvalue weighted by molar-refractivity contribution is 7.13. The van der Waals surface area contributed by atoms with Crippen LogP contribution in [0.3, 0.4) is 0 Å². The van der Waals surface area contributed by atoms with Crippen LogP contribution < -0.4 is 0 Å². The second-order valence-electron chi connectivity index (χ2n) is 4.66. The molecule has 0 saturated carbocycles. The number of piperazine rings is 1. The van der Waals surface area contributed by atoms with Crippen LogP contribution in [0.2, 0.25) is 0 Å². The van der Waals surface area contributed by atoms with Crippen molar-refractivity contribution < 1.29 is 18.0 Å². The molecule has 0 unspecified atom stereocenters. The number of rotatable bonds is 2. The SMILES string of the molecule is CCN1CCN(C(=O)c2sc(C(F)(F)F)nc2C)CC1. The Kier molecular flexibility index (Phi) is 4.33. The Morgan fingerprint density at radius 2 is 1.90 bits per heavy atom. The summed E-state index contributed by atoms with van der Waals surface area (Å²) in [5.41, 5.74) is 0.158. The summed E-state index contributed by atoms with van der Waals surface area (Å²) >= 11 is 0.434. The molecule has 0 bridgehead atoms. The molecule has 112 valence electrons. The number of amides is 1. The number of nitrogens with zero attached hydrogens (tertiary/aromatic N) is 3. The highest BCUT2D eigenvalue weighted by atomic mass is 32.1. The molecule has 1 aliphatic rings. The van der Waals surface area contributed by atoms with E-state index in [4.69, 9.17) is 0 Å². The van der Waals surface area contributed by atoms with Gasteiger partial charge >= 0.3 is 6.18 Å². The van der Waals surface area contributed by atoms with E-state index in [0.29, 0.717) is 24.4 Å². The van der Waals surface area contributed by atoms with Crippen LogP contribution in [0.5, 0.6) is 0 Å². The summed E-state index contributed by atoms with van der Waals surface area (Å²) in [5, 5.41) is -0.953. The summed E-state index contributed by atoms with van der Waals surface area (Å²) in [6, 6.07) is 0. The molecular formula is C12H16F3N3OS. The highest BCUT2D eigenvalue weighted by Gasteiger charge is 2.37. The summed E-state index contributed by atoms with van der Waals surface area (Å²) in [4.78, 5) is 19.6. The minimum atomic E-state index is -4.49. The lowest BCUT2D eigenvalue weighted by molar-refractivity contribution is -0.137. The third kappa shape index (κ3) is 3.12. The van der Waals surface area contributed by atoms with Crippen LogP contribution in [0.15, 0.2) is 0 Å². The zero-order chi connectivity index (χ0) is 14.9. The highest BCUT2D eigenvalue weighted by Crippen LogP contribution is 2.34. The van der Waals surface area contributed by atoms with Crippen molar-refractivity contribution in [2.45, 2.75) is 20.0 Å². The van der Waals surface area contributed by atoms with E-state index >= 15 is 0 Å². The molecule has 0 spiro atoms. The molecule has 0 aliphatic carbocycles. The predicted octanol–water partition coefficient (Wildman–Crippen LogP) is 2.25. The van der Waals surface area contributed by atoms with Crippen LogP contribution in [0.4, 0.5) is 13.2 Å². The van der Waals surface area contributed by atoms with Gasteiger partial charge in [0.05, 0.1) is 5.69 Å². The number of hydrogen-bond donors (Lipinski definition) is 0. The standard InChI is InChI=1S/C12H16F3N3OS/c1-3-17-4-6-18(7-5-17)10(19)9-8(2)16-11(20-9)12(13,14)15/h3-7H2,1-2H3. The molecule has 1 aromatic rings. The molecule has 0 atom stereocenters. The Bertz CT molecular complexity index is 493. The molecule has 8 heteroatoms. The number of thiazole rings is 1. The fourth-order valence-electron chi connectivity index (χ4n) is 2.13. The topological polar surface area (TPSA) is 36.4 Å². The first-order valence-corrected chi connectivity index (χ1v) is 7.20. The molecule has 4 nitrogen and oxygen atoms in total. The van der Waals surface area contributed by atoms with Crippen LogP contribution in [0.25, 0.3) is 0 Å². The van der Waals surface area contributed by atoms with Gasteiger partial charge in [-0.05, 0) is 13.5 Å². The third-order valence-electron chi connectivity index (χ3n) is 3.34. The number of likely N-dealkylation sites (N-methyl/N-ethyl adjacent to an activating group) is 1. The van der Waals surface area contributed by atoms with Gasteiger partial charge in [0.1, 0.15) is 4.88 Å². The summed E-state index contributed by atoms with van der Waals surface area (Å²) in [7, 11) is 0.